The summed E-state index contributed by atoms with van der Waals surface area (Å²) in [6, 6.07) is 8.25. The highest BCUT2D eigenvalue weighted by Crippen LogP contribution is 2.24. The minimum Gasteiger partial charge on any atom is -0.487 e. The molecule has 0 spiro atoms. The Bertz CT molecular complexity index is 590. The molecule has 5 heteroatoms. The van der Waals surface area contributed by atoms with Crippen molar-refractivity contribution in [1.82, 2.24) is 4.98 Å². The van der Waals surface area contributed by atoms with Crippen LogP contribution in [0.15, 0.2) is 30.3 Å². The predicted molar refractivity (Wildman–Crippen MR) is 74.3 cm³/mol. The lowest BCUT2D eigenvalue weighted by Gasteiger charge is -2.11. The van der Waals surface area contributed by atoms with Crippen LogP contribution in [0.3, 0.4) is 0 Å². The van der Waals surface area contributed by atoms with Gasteiger partial charge in [0.05, 0.1) is 16.6 Å². The van der Waals surface area contributed by atoms with Crippen molar-refractivity contribution in [2.24, 2.45) is 0 Å². The molecule has 0 radical (unpaired) electrons. The lowest BCUT2D eigenvalue weighted by Crippen LogP contribution is -2.01. The zero-order valence-electron chi connectivity index (χ0n) is 10.3. The number of aromatic nitrogens is 1. The fourth-order valence-corrected chi connectivity index (χ4v) is 2.01. The largest absolute Gasteiger partial charge is 0.487 e. The summed E-state index contributed by atoms with van der Waals surface area (Å²) >= 11 is 11.7. The number of pyridine rings is 1. The van der Waals surface area contributed by atoms with E-state index in [0.29, 0.717) is 17.0 Å². The number of ether oxygens (including phenoxy) is 1. The smallest absolute Gasteiger partial charge is 0.142 e. The van der Waals surface area contributed by atoms with Crippen molar-refractivity contribution in [3.05, 3.63) is 58.1 Å². The second-order valence-corrected chi connectivity index (χ2v) is 4.68. The number of nitrogens with zero attached hydrogens (tertiary/aromatic N) is 1. The van der Waals surface area contributed by atoms with Gasteiger partial charge in [-0.15, -0.1) is 11.6 Å². The molecule has 2 nitrogen and oxygen atoms in total. The number of halogens is 3. The molecule has 1 aromatic heterocycles. The van der Waals surface area contributed by atoms with Crippen LogP contribution >= 0.6 is 23.2 Å². The van der Waals surface area contributed by atoms with Crippen LogP contribution in [0.5, 0.6) is 5.75 Å². The van der Waals surface area contributed by atoms with E-state index >= 15 is 0 Å². The van der Waals surface area contributed by atoms with E-state index in [4.69, 9.17) is 27.9 Å². The molecule has 0 saturated heterocycles. The van der Waals surface area contributed by atoms with E-state index in [9.17, 15) is 4.39 Å². The summed E-state index contributed by atoms with van der Waals surface area (Å²) in [5, 5.41) is 0.0787. The van der Waals surface area contributed by atoms with Gasteiger partial charge in [0.2, 0.25) is 0 Å². The minimum absolute atomic E-state index is 0.0787. The molecule has 19 heavy (non-hydrogen) atoms. The van der Waals surface area contributed by atoms with Crippen LogP contribution in [-0.4, -0.2) is 4.98 Å². The summed E-state index contributed by atoms with van der Waals surface area (Å²) in [6.45, 7) is 2.05. The van der Waals surface area contributed by atoms with Gasteiger partial charge in [0, 0.05) is 11.3 Å². The topological polar surface area (TPSA) is 22.1 Å². The predicted octanol–water partition coefficient (Wildman–Crippen LogP) is 4.50. The van der Waals surface area contributed by atoms with Crippen molar-refractivity contribution in [2.75, 3.05) is 0 Å². The standard InChI is InChI=1S/C14H12Cl2FNO/c1-9-5-6-13(12(7-15)18-9)19-8-10-3-2-4-11(17)14(10)16/h2-6H,7-8H2,1H3. The van der Waals surface area contributed by atoms with Crippen molar-refractivity contribution < 1.29 is 9.13 Å². The highest BCUT2D eigenvalue weighted by atomic mass is 35.5. The maximum atomic E-state index is 13.3. The molecule has 0 amide bonds. The summed E-state index contributed by atoms with van der Waals surface area (Å²) in [6.07, 6.45) is 0. The molecule has 2 aromatic rings. The Hall–Kier alpha value is -1.32. The molecular weight excluding hydrogens is 288 g/mol. The second kappa shape index (κ2) is 6.22. The normalized spacial score (nSPS) is 10.5. The van der Waals surface area contributed by atoms with Crippen molar-refractivity contribution in [3.63, 3.8) is 0 Å². The molecule has 0 aliphatic heterocycles. The Morgan fingerprint density at radius 1 is 1.26 bits per heavy atom. The SMILES string of the molecule is Cc1ccc(OCc2cccc(F)c2Cl)c(CCl)n1. The van der Waals surface area contributed by atoms with Gasteiger partial charge in [-0.05, 0) is 25.1 Å². The molecule has 0 atom stereocenters. The first-order valence-corrected chi connectivity index (χ1v) is 6.61. The Balaban J connectivity index is 2.17. The van der Waals surface area contributed by atoms with E-state index in [-0.39, 0.29) is 17.5 Å². The Kier molecular flexibility index (Phi) is 4.61. The summed E-state index contributed by atoms with van der Waals surface area (Å²) in [4.78, 5) is 4.28. The van der Waals surface area contributed by atoms with Crippen LogP contribution in [0, 0.1) is 12.7 Å². The van der Waals surface area contributed by atoms with E-state index < -0.39 is 5.82 Å². The van der Waals surface area contributed by atoms with Crippen molar-refractivity contribution in [1.29, 1.82) is 0 Å². The van der Waals surface area contributed by atoms with E-state index in [2.05, 4.69) is 4.98 Å². The lowest BCUT2D eigenvalue weighted by molar-refractivity contribution is 0.301. The lowest BCUT2D eigenvalue weighted by atomic mass is 10.2. The molecule has 100 valence electrons. The average Bonchev–Trinajstić information content (AvgIpc) is 2.41. The molecule has 0 saturated carbocycles. The third-order valence-electron chi connectivity index (χ3n) is 2.61. The highest BCUT2D eigenvalue weighted by molar-refractivity contribution is 6.31. The Labute approximate surface area is 121 Å². The van der Waals surface area contributed by atoms with E-state index in [1.807, 2.05) is 13.0 Å². The van der Waals surface area contributed by atoms with E-state index in [1.54, 1.807) is 18.2 Å². The summed E-state index contributed by atoms with van der Waals surface area (Å²) in [7, 11) is 0. The van der Waals surface area contributed by atoms with Gasteiger partial charge in [0.1, 0.15) is 18.2 Å². The van der Waals surface area contributed by atoms with Gasteiger partial charge in [0.15, 0.2) is 0 Å². The van der Waals surface area contributed by atoms with Crippen LogP contribution in [0.2, 0.25) is 5.02 Å². The summed E-state index contributed by atoms with van der Waals surface area (Å²) in [5.74, 6) is 0.386. The summed E-state index contributed by atoms with van der Waals surface area (Å²) in [5.41, 5.74) is 2.11. The molecule has 0 unspecified atom stereocenters. The van der Waals surface area contributed by atoms with Gasteiger partial charge in [-0.1, -0.05) is 23.7 Å². The number of rotatable bonds is 4. The number of hydrogen-bond donors (Lipinski definition) is 0. The van der Waals surface area contributed by atoms with Crippen molar-refractivity contribution in [2.45, 2.75) is 19.4 Å². The third kappa shape index (κ3) is 3.37. The van der Waals surface area contributed by atoms with Crippen molar-refractivity contribution in [3.8, 4) is 5.75 Å². The molecule has 0 N–H and O–H groups in total. The van der Waals surface area contributed by atoms with Gasteiger partial charge < -0.3 is 4.74 Å². The van der Waals surface area contributed by atoms with Crippen LogP contribution in [0.1, 0.15) is 17.0 Å². The first-order chi connectivity index (χ1) is 9.11. The number of aryl methyl sites for hydroxylation is 1. The molecule has 1 aromatic carbocycles. The highest BCUT2D eigenvalue weighted by Gasteiger charge is 2.09. The minimum atomic E-state index is -0.456. The van der Waals surface area contributed by atoms with Gasteiger partial charge in [-0.2, -0.15) is 0 Å². The zero-order chi connectivity index (χ0) is 13.8. The van der Waals surface area contributed by atoms with Crippen molar-refractivity contribution >= 4 is 23.2 Å². The fraction of sp³-hybridized carbons (Fsp3) is 0.214. The first kappa shape index (κ1) is 14.1. The van der Waals surface area contributed by atoms with Crippen LogP contribution in [0.4, 0.5) is 4.39 Å². The van der Waals surface area contributed by atoms with E-state index in [0.717, 1.165) is 5.69 Å². The number of hydrogen-bond acceptors (Lipinski definition) is 2. The van der Waals surface area contributed by atoms with Gasteiger partial charge in [-0.25, -0.2) is 4.39 Å². The Morgan fingerprint density at radius 2 is 2.05 bits per heavy atom. The van der Waals surface area contributed by atoms with Crippen LogP contribution < -0.4 is 4.74 Å². The van der Waals surface area contributed by atoms with Gasteiger partial charge >= 0.3 is 0 Å². The molecule has 0 bridgehead atoms. The molecule has 0 fully saturated rings. The monoisotopic (exact) mass is 299 g/mol. The zero-order valence-corrected chi connectivity index (χ0v) is 11.8. The molecule has 0 aliphatic carbocycles. The number of benzene rings is 1. The molecule has 0 aliphatic rings. The second-order valence-electron chi connectivity index (χ2n) is 4.03. The third-order valence-corrected chi connectivity index (χ3v) is 3.29. The quantitative estimate of drug-likeness (QED) is 0.776. The maximum Gasteiger partial charge on any atom is 0.142 e. The molecular formula is C14H12Cl2FNO. The number of alkyl halides is 1. The fourth-order valence-electron chi connectivity index (χ4n) is 1.64. The maximum absolute atomic E-state index is 13.3. The van der Waals surface area contributed by atoms with Crippen LogP contribution in [-0.2, 0) is 12.5 Å². The summed E-state index contributed by atoms with van der Waals surface area (Å²) < 4.78 is 18.9. The van der Waals surface area contributed by atoms with Gasteiger partial charge in [0.25, 0.3) is 0 Å². The van der Waals surface area contributed by atoms with Crippen LogP contribution in [0.25, 0.3) is 0 Å². The molecule has 1 heterocycles. The first-order valence-electron chi connectivity index (χ1n) is 5.70. The average molecular weight is 300 g/mol. The Morgan fingerprint density at radius 3 is 2.79 bits per heavy atom. The van der Waals surface area contributed by atoms with Gasteiger partial charge in [-0.3, -0.25) is 4.98 Å². The van der Waals surface area contributed by atoms with E-state index in [1.165, 1.54) is 6.07 Å². The molecule has 2 rings (SSSR count).